The molecule has 0 radical (unpaired) electrons. The molecule has 3 N–H and O–H groups in total. The fourth-order valence-electron chi connectivity index (χ4n) is 3.10. The second-order valence-corrected chi connectivity index (χ2v) is 9.28. The van der Waals surface area contributed by atoms with Crippen LogP contribution in [0.5, 0.6) is 0 Å². The van der Waals surface area contributed by atoms with Crippen LogP contribution in [-0.4, -0.2) is 46.5 Å². The molecule has 1 fully saturated rings. The van der Waals surface area contributed by atoms with Crippen molar-refractivity contribution in [2.24, 2.45) is 0 Å². The molecule has 1 amide bonds. The summed E-state index contributed by atoms with van der Waals surface area (Å²) in [4.78, 5) is 14.6. The number of anilines is 2. The number of carbonyl (C=O) groups is 1. The maximum Gasteiger partial charge on any atom is 0.261 e. The zero-order valence-electron chi connectivity index (χ0n) is 16.4. The van der Waals surface area contributed by atoms with Crippen LogP contribution in [-0.2, 0) is 10.0 Å². The molecule has 7 nitrogen and oxygen atoms in total. The van der Waals surface area contributed by atoms with Gasteiger partial charge >= 0.3 is 0 Å². The number of piperazine rings is 1. The normalized spacial score (nSPS) is 14.7. The molecule has 0 bridgehead atoms. The van der Waals surface area contributed by atoms with Crippen molar-refractivity contribution in [1.82, 2.24) is 10.6 Å². The molecule has 1 aliphatic heterocycles. The second kappa shape index (κ2) is 9.02. The average Bonchev–Trinajstić information content (AvgIpc) is 2.68. The highest BCUT2D eigenvalue weighted by atomic mass is 35.5. The Morgan fingerprint density at radius 3 is 2.38 bits per heavy atom. The van der Waals surface area contributed by atoms with Crippen LogP contribution in [0.15, 0.2) is 47.4 Å². The number of halogens is 1. The van der Waals surface area contributed by atoms with Crippen molar-refractivity contribution in [2.75, 3.05) is 35.8 Å². The van der Waals surface area contributed by atoms with E-state index in [2.05, 4.69) is 20.3 Å². The molecule has 0 aliphatic carbocycles. The van der Waals surface area contributed by atoms with Crippen molar-refractivity contribution in [2.45, 2.75) is 24.8 Å². The SMILES string of the molecule is CC(C)NC(=O)c1ccc(N2CCNCC2)c(NS(=O)(=O)c2ccc(Cl)cc2)c1. The van der Waals surface area contributed by atoms with Crippen LogP contribution in [0, 0.1) is 0 Å². The number of benzene rings is 2. The number of hydrogen-bond acceptors (Lipinski definition) is 5. The minimum Gasteiger partial charge on any atom is -0.367 e. The van der Waals surface area contributed by atoms with Gasteiger partial charge in [0.2, 0.25) is 0 Å². The van der Waals surface area contributed by atoms with Crippen molar-refractivity contribution in [3.05, 3.63) is 53.1 Å². The number of hydrogen-bond donors (Lipinski definition) is 3. The number of rotatable bonds is 6. The number of carbonyl (C=O) groups excluding carboxylic acids is 1. The molecular weight excluding hydrogens is 412 g/mol. The average molecular weight is 437 g/mol. The van der Waals surface area contributed by atoms with Gasteiger partial charge in [0, 0.05) is 42.8 Å². The lowest BCUT2D eigenvalue weighted by molar-refractivity contribution is 0.0943. The van der Waals surface area contributed by atoms with Gasteiger partial charge in [0.1, 0.15) is 0 Å². The van der Waals surface area contributed by atoms with Crippen molar-refractivity contribution < 1.29 is 13.2 Å². The molecule has 9 heteroatoms. The first-order chi connectivity index (χ1) is 13.8. The van der Waals surface area contributed by atoms with Gasteiger partial charge in [-0.1, -0.05) is 11.6 Å². The molecule has 0 spiro atoms. The second-order valence-electron chi connectivity index (χ2n) is 7.16. The third kappa shape index (κ3) is 5.41. The lowest BCUT2D eigenvalue weighted by Crippen LogP contribution is -2.43. The Balaban J connectivity index is 1.98. The maximum atomic E-state index is 12.9. The monoisotopic (exact) mass is 436 g/mol. The smallest absolute Gasteiger partial charge is 0.261 e. The topological polar surface area (TPSA) is 90.5 Å². The van der Waals surface area contributed by atoms with E-state index in [1.165, 1.54) is 24.3 Å². The highest BCUT2D eigenvalue weighted by Crippen LogP contribution is 2.30. The summed E-state index contributed by atoms with van der Waals surface area (Å²) >= 11 is 5.87. The molecule has 0 aromatic heterocycles. The minimum absolute atomic E-state index is 0.0236. The Bertz CT molecular complexity index is 972. The zero-order valence-corrected chi connectivity index (χ0v) is 18.0. The Labute approximate surface area is 176 Å². The van der Waals surface area contributed by atoms with E-state index in [4.69, 9.17) is 11.6 Å². The first kappa shape index (κ1) is 21.4. The van der Waals surface area contributed by atoms with Crippen LogP contribution in [0.25, 0.3) is 0 Å². The van der Waals surface area contributed by atoms with Crippen LogP contribution in [0.3, 0.4) is 0 Å². The quantitative estimate of drug-likeness (QED) is 0.647. The van der Waals surface area contributed by atoms with E-state index in [-0.39, 0.29) is 16.8 Å². The first-order valence-corrected chi connectivity index (χ1v) is 11.3. The number of nitrogens with one attached hydrogen (secondary N) is 3. The standard InChI is InChI=1S/C20H25ClN4O3S/c1-14(2)23-20(26)15-3-8-19(25-11-9-22-10-12-25)18(13-15)24-29(27,28)17-6-4-16(21)5-7-17/h3-8,13-14,22,24H,9-12H2,1-2H3,(H,23,26). The summed E-state index contributed by atoms with van der Waals surface area (Å²) in [7, 11) is -3.84. The molecule has 0 unspecified atom stereocenters. The molecule has 156 valence electrons. The van der Waals surface area contributed by atoms with Crippen molar-refractivity contribution >= 4 is 38.9 Å². The van der Waals surface area contributed by atoms with Crippen LogP contribution >= 0.6 is 11.6 Å². The van der Waals surface area contributed by atoms with E-state index in [0.717, 1.165) is 31.9 Å². The lowest BCUT2D eigenvalue weighted by atomic mass is 10.1. The lowest BCUT2D eigenvalue weighted by Gasteiger charge is -2.31. The molecule has 2 aromatic rings. The molecule has 29 heavy (non-hydrogen) atoms. The van der Waals surface area contributed by atoms with E-state index in [1.54, 1.807) is 18.2 Å². The third-order valence-corrected chi connectivity index (χ3v) is 6.14. The molecule has 0 saturated carbocycles. The van der Waals surface area contributed by atoms with Crippen LogP contribution in [0.4, 0.5) is 11.4 Å². The highest BCUT2D eigenvalue weighted by molar-refractivity contribution is 7.92. The Morgan fingerprint density at radius 2 is 1.76 bits per heavy atom. The van der Waals surface area contributed by atoms with Crippen molar-refractivity contribution in [3.63, 3.8) is 0 Å². The van der Waals surface area contributed by atoms with Gasteiger partial charge in [0.15, 0.2) is 0 Å². The number of amides is 1. The van der Waals surface area contributed by atoms with E-state index < -0.39 is 10.0 Å². The third-order valence-electron chi connectivity index (χ3n) is 4.50. The number of sulfonamides is 1. The Morgan fingerprint density at radius 1 is 1.10 bits per heavy atom. The van der Waals surface area contributed by atoms with Gasteiger partial charge in [-0.15, -0.1) is 0 Å². The molecule has 1 aliphatic rings. The van der Waals surface area contributed by atoms with Gasteiger partial charge in [-0.25, -0.2) is 8.42 Å². The largest absolute Gasteiger partial charge is 0.367 e. The predicted octanol–water partition coefficient (Wildman–Crippen LogP) is 2.69. The van der Waals surface area contributed by atoms with Crippen LogP contribution < -0.4 is 20.3 Å². The Hall–Kier alpha value is -2.29. The maximum absolute atomic E-state index is 12.9. The summed E-state index contributed by atoms with van der Waals surface area (Å²) in [5, 5.41) is 6.57. The van der Waals surface area contributed by atoms with E-state index >= 15 is 0 Å². The Kier molecular flexibility index (Phi) is 6.66. The first-order valence-electron chi connectivity index (χ1n) is 9.45. The van der Waals surface area contributed by atoms with Gasteiger partial charge in [0.25, 0.3) is 15.9 Å². The highest BCUT2D eigenvalue weighted by Gasteiger charge is 2.21. The van der Waals surface area contributed by atoms with Gasteiger partial charge in [-0.3, -0.25) is 9.52 Å². The summed E-state index contributed by atoms with van der Waals surface area (Å²) in [6.45, 7) is 6.84. The molecular formula is C20H25ClN4O3S. The van der Waals surface area contributed by atoms with Gasteiger partial charge in [-0.2, -0.15) is 0 Å². The molecule has 1 saturated heterocycles. The van der Waals surface area contributed by atoms with Gasteiger partial charge in [-0.05, 0) is 56.3 Å². The number of nitrogens with zero attached hydrogens (tertiary/aromatic N) is 1. The predicted molar refractivity (Wildman–Crippen MR) is 116 cm³/mol. The summed E-state index contributed by atoms with van der Waals surface area (Å²) in [5.41, 5.74) is 1.51. The fourth-order valence-corrected chi connectivity index (χ4v) is 4.29. The summed E-state index contributed by atoms with van der Waals surface area (Å²) < 4.78 is 28.5. The van der Waals surface area contributed by atoms with E-state index in [9.17, 15) is 13.2 Å². The van der Waals surface area contributed by atoms with Crippen LogP contribution in [0.1, 0.15) is 24.2 Å². The van der Waals surface area contributed by atoms with Crippen LogP contribution in [0.2, 0.25) is 5.02 Å². The summed E-state index contributed by atoms with van der Waals surface area (Å²) in [6.07, 6.45) is 0. The van der Waals surface area contributed by atoms with E-state index in [0.29, 0.717) is 16.3 Å². The minimum atomic E-state index is -3.84. The summed E-state index contributed by atoms with van der Waals surface area (Å²) in [6, 6.07) is 11.0. The fraction of sp³-hybridized carbons (Fsp3) is 0.350. The van der Waals surface area contributed by atoms with Crippen molar-refractivity contribution in [3.8, 4) is 0 Å². The molecule has 0 atom stereocenters. The van der Waals surface area contributed by atoms with Gasteiger partial charge < -0.3 is 15.5 Å². The summed E-state index contributed by atoms with van der Waals surface area (Å²) in [5.74, 6) is -0.251. The zero-order chi connectivity index (χ0) is 21.0. The molecule has 3 rings (SSSR count). The van der Waals surface area contributed by atoms with E-state index in [1.807, 2.05) is 13.8 Å². The van der Waals surface area contributed by atoms with Crippen molar-refractivity contribution in [1.29, 1.82) is 0 Å². The molecule has 1 heterocycles. The molecule has 2 aromatic carbocycles. The van der Waals surface area contributed by atoms with Gasteiger partial charge in [0.05, 0.1) is 16.3 Å².